The first-order valence-corrected chi connectivity index (χ1v) is 12.0. The summed E-state index contributed by atoms with van der Waals surface area (Å²) in [6.45, 7) is 6.09. The van der Waals surface area contributed by atoms with Crippen LogP contribution in [-0.2, 0) is 5.54 Å². The van der Waals surface area contributed by atoms with E-state index in [1.807, 2.05) is 31.5 Å². The van der Waals surface area contributed by atoms with Gasteiger partial charge in [0, 0.05) is 23.2 Å². The van der Waals surface area contributed by atoms with E-state index in [1.54, 1.807) is 0 Å². The van der Waals surface area contributed by atoms with Gasteiger partial charge in [0.15, 0.2) is 0 Å². The smallest absolute Gasteiger partial charge is 0.143 e. The van der Waals surface area contributed by atoms with Crippen LogP contribution in [0.3, 0.4) is 0 Å². The number of rotatable bonds is 6. The van der Waals surface area contributed by atoms with E-state index in [2.05, 4.69) is 123 Å². The van der Waals surface area contributed by atoms with Gasteiger partial charge in [-0.3, -0.25) is 4.98 Å². The molecule has 166 valence electrons. The zero-order valence-corrected chi connectivity index (χ0v) is 20.5. The Morgan fingerprint density at radius 2 is 1.59 bits per heavy atom. The molecule has 0 bridgehead atoms. The highest BCUT2D eigenvalue weighted by atomic mass is 79.9. The molecule has 5 rings (SSSR count). The van der Waals surface area contributed by atoms with Gasteiger partial charge in [-0.25, -0.2) is 4.98 Å². The van der Waals surface area contributed by atoms with Crippen LogP contribution in [0.25, 0.3) is 21.9 Å². The molecule has 3 nitrogen and oxygen atoms in total. The maximum absolute atomic E-state index is 5.01. The van der Waals surface area contributed by atoms with Crippen molar-refractivity contribution in [3.8, 4) is 0 Å². The minimum Gasteiger partial charge on any atom is -0.307 e. The van der Waals surface area contributed by atoms with E-state index in [9.17, 15) is 0 Å². The lowest BCUT2D eigenvalue weighted by molar-refractivity contribution is 0.544. The predicted molar refractivity (Wildman–Crippen MR) is 145 cm³/mol. The lowest BCUT2D eigenvalue weighted by Crippen LogP contribution is -2.38. The summed E-state index contributed by atoms with van der Waals surface area (Å²) in [6, 6.07) is 27.4. The number of hydrogen-bond acceptors (Lipinski definition) is 2. The Kier molecular flexibility index (Phi) is 5.99. The van der Waals surface area contributed by atoms with Crippen molar-refractivity contribution in [1.82, 2.24) is 14.5 Å². The van der Waals surface area contributed by atoms with Crippen LogP contribution in [0.5, 0.6) is 0 Å². The molecule has 3 aromatic heterocycles. The summed E-state index contributed by atoms with van der Waals surface area (Å²) in [7, 11) is 0. The van der Waals surface area contributed by atoms with Crippen molar-refractivity contribution in [2.45, 2.75) is 12.5 Å². The Morgan fingerprint density at radius 3 is 2.21 bits per heavy atom. The normalized spacial score (nSPS) is 12.6. The van der Waals surface area contributed by atoms with Crippen LogP contribution in [0.4, 0.5) is 0 Å². The van der Waals surface area contributed by atoms with Gasteiger partial charge in [0.05, 0.1) is 5.52 Å². The molecule has 0 aliphatic heterocycles. The van der Waals surface area contributed by atoms with Crippen molar-refractivity contribution >= 4 is 37.9 Å². The number of hydrogen-bond donors (Lipinski definition) is 0. The first-order chi connectivity index (χ1) is 16.7. The van der Waals surface area contributed by atoms with Crippen LogP contribution in [0.15, 0.2) is 132 Å². The number of pyridine rings is 2. The summed E-state index contributed by atoms with van der Waals surface area (Å²) in [4.78, 5) is 9.45. The maximum atomic E-state index is 5.01. The predicted octanol–water partition coefficient (Wildman–Crippen LogP) is 7.83. The number of allylic oxidation sites excluding steroid dienone is 5. The number of nitrogens with zero attached hydrogens (tertiary/aromatic N) is 3. The molecule has 4 heteroatoms. The van der Waals surface area contributed by atoms with Gasteiger partial charge >= 0.3 is 0 Å². The molecule has 0 amide bonds. The van der Waals surface area contributed by atoms with Crippen molar-refractivity contribution in [3.05, 3.63) is 143 Å². The van der Waals surface area contributed by atoms with Crippen molar-refractivity contribution < 1.29 is 0 Å². The fourth-order valence-corrected chi connectivity index (χ4v) is 5.20. The van der Waals surface area contributed by atoms with Gasteiger partial charge in [-0.1, -0.05) is 91.5 Å². The average molecular weight is 506 g/mol. The van der Waals surface area contributed by atoms with Crippen molar-refractivity contribution in [1.29, 1.82) is 0 Å². The Bertz CT molecular complexity index is 1490. The minimum absolute atomic E-state index is 0.710. The van der Waals surface area contributed by atoms with E-state index in [4.69, 9.17) is 4.98 Å². The summed E-state index contributed by atoms with van der Waals surface area (Å²) in [5.41, 5.74) is 4.57. The van der Waals surface area contributed by atoms with Gasteiger partial charge in [-0.2, -0.15) is 0 Å². The third-order valence-electron chi connectivity index (χ3n) is 6.16. The molecule has 0 spiro atoms. The molecule has 3 heterocycles. The molecular formula is C30H24BrN3. The Labute approximate surface area is 207 Å². The van der Waals surface area contributed by atoms with Crippen molar-refractivity contribution in [2.24, 2.45) is 0 Å². The van der Waals surface area contributed by atoms with Gasteiger partial charge in [0.2, 0.25) is 0 Å². The molecule has 0 saturated heterocycles. The van der Waals surface area contributed by atoms with Crippen LogP contribution in [0.2, 0.25) is 0 Å². The molecule has 34 heavy (non-hydrogen) atoms. The minimum atomic E-state index is -0.710. The largest absolute Gasteiger partial charge is 0.307 e. The monoisotopic (exact) mass is 505 g/mol. The molecule has 0 aliphatic rings. The van der Waals surface area contributed by atoms with E-state index in [0.29, 0.717) is 0 Å². The zero-order chi connectivity index (χ0) is 23.5. The molecule has 0 N–H and O–H groups in total. The average Bonchev–Trinajstić information content (AvgIpc) is 3.20. The lowest BCUT2D eigenvalue weighted by Gasteiger charge is -2.39. The fraction of sp³-hybridized carbons (Fsp3) is 0.0667. The third kappa shape index (κ3) is 3.42. The highest BCUT2D eigenvalue weighted by Gasteiger charge is 2.41. The van der Waals surface area contributed by atoms with Crippen molar-refractivity contribution in [3.63, 3.8) is 0 Å². The first kappa shape index (κ1) is 22.1. The molecule has 0 unspecified atom stereocenters. The standard InChI is InChI=1S/C30H24BrN3/c1-3-11-22(12-4-2)30(23-13-7-5-8-14-23,24-15-9-6-10-16-24)34-27-19-20-32-21-26(27)25-17-18-28(31)33-29(25)34/h3-21H,1H2,2H3/b12-4-,22-11+. The molecule has 5 aromatic rings. The molecule has 0 radical (unpaired) electrons. The van der Waals surface area contributed by atoms with Gasteiger partial charge in [0.1, 0.15) is 15.8 Å². The highest BCUT2D eigenvalue weighted by Crippen LogP contribution is 2.46. The SMILES string of the molecule is C=C/C=C(\C=C/C)C(c1ccccc1)(c1ccccc1)n1c2ccncc2c2ccc(Br)nc21. The quantitative estimate of drug-likeness (QED) is 0.174. The summed E-state index contributed by atoms with van der Waals surface area (Å²) in [6.07, 6.45) is 12.0. The number of halogens is 1. The second-order valence-corrected chi connectivity index (χ2v) is 8.85. The van der Waals surface area contributed by atoms with Gasteiger partial charge in [0.25, 0.3) is 0 Å². The van der Waals surface area contributed by atoms with Gasteiger partial charge < -0.3 is 4.57 Å². The fourth-order valence-electron chi connectivity index (χ4n) is 4.90. The van der Waals surface area contributed by atoms with E-state index in [0.717, 1.165) is 43.2 Å². The highest BCUT2D eigenvalue weighted by molar-refractivity contribution is 9.10. The third-order valence-corrected chi connectivity index (χ3v) is 6.60. The molecule has 0 fully saturated rings. The summed E-state index contributed by atoms with van der Waals surface area (Å²) in [5.74, 6) is 0. The van der Waals surface area contributed by atoms with Crippen LogP contribution in [0.1, 0.15) is 18.1 Å². The zero-order valence-electron chi connectivity index (χ0n) is 18.9. The molecular weight excluding hydrogens is 482 g/mol. The van der Waals surface area contributed by atoms with E-state index in [1.165, 1.54) is 0 Å². The topological polar surface area (TPSA) is 30.7 Å². The summed E-state index contributed by atoms with van der Waals surface area (Å²) < 4.78 is 3.14. The van der Waals surface area contributed by atoms with E-state index in [-0.39, 0.29) is 0 Å². The van der Waals surface area contributed by atoms with Crippen LogP contribution in [0, 0.1) is 0 Å². The lowest BCUT2D eigenvalue weighted by atomic mass is 9.75. The van der Waals surface area contributed by atoms with Crippen LogP contribution < -0.4 is 0 Å². The number of benzene rings is 2. The molecule has 2 aromatic carbocycles. The Hall–Kier alpha value is -3.76. The molecule has 0 aliphatic carbocycles. The van der Waals surface area contributed by atoms with E-state index < -0.39 is 5.54 Å². The second-order valence-electron chi connectivity index (χ2n) is 8.03. The van der Waals surface area contributed by atoms with Gasteiger partial charge in [-0.05, 0) is 57.8 Å². The van der Waals surface area contributed by atoms with Crippen LogP contribution in [-0.4, -0.2) is 14.5 Å². The number of fused-ring (bicyclic) bond motifs is 3. The first-order valence-electron chi connectivity index (χ1n) is 11.2. The van der Waals surface area contributed by atoms with Gasteiger partial charge in [-0.15, -0.1) is 0 Å². The summed E-state index contributed by atoms with van der Waals surface area (Å²) >= 11 is 3.62. The Balaban J connectivity index is 2.10. The molecule has 0 saturated carbocycles. The van der Waals surface area contributed by atoms with E-state index >= 15 is 0 Å². The summed E-state index contributed by atoms with van der Waals surface area (Å²) in [5, 5.41) is 2.12. The Morgan fingerprint density at radius 1 is 0.912 bits per heavy atom. The van der Waals surface area contributed by atoms with Crippen LogP contribution >= 0.6 is 15.9 Å². The second kappa shape index (κ2) is 9.24. The van der Waals surface area contributed by atoms with Crippen molar-refractivity contribution in [2.75, 3.05) is 0 Å². The molecule has 0 atom stereocenters. The number of aromatic nitrogens is 3. The maximum Gasteiger partial charge on any atom is 0.143 e.